The number of alkyl halides is 6. The molecule has 0 atom stereocenters. The van der Waals surface area contributed by atoms with Crippen LogP contribution in [0.15, 0.2) is 12.1 Å². The van der Waals surface area contributed by atoms with Crippen LogP contribution in [0.5, 0.6) is 5.75 Å². The SMILES string of the molecule is C1CO1.CC.CC.CN1CCN(c2cc(C(F)(F)F)cc(C(F)(F)F)c2O)C1=O. The zero-order valence-electron chi connectivity index (χ0n) is 16.9. The molecule has 2 heterocycles. The van der Waals surface area contributed by atoms with E-state index >= 15 is 0 Å². The fraction of sp³-hybridized carbons (Fsp3) is 0.611. The number of urea groups is 1. The van der Waals surface area contributed by atoms with Gasteiger partial charge in [-0.1, -0.05) is 27.7 Å². The predicted octanol–water partition coefficient (Wildman–Crippen LogP) is 5.37. The number of hydrogen-bond donors (Lipinski definition) is 1. The minimum absolute atomic E-state index is 0.121. The second-order valence-electron chi connectivity index (χ2n) is 5.36. The lowest BCUT2D eigenvalue weighted by atomic mass is 10.1. The van der Waals surface area contributed by atoms with Gasteiger partial charge in [0.05, 0.1) is 30.0 Å². The van der Waals surface area contributed by atoms with Crippen LogP contribution in [0.2, 0.25) is 0 Å². The first-order valence-electron chi connectivity index (χ1n) is 9.04. The number of carbonyl (C=O) groups excluding carboxylic acids is 1. The maximum Gasteiger partial charge on any atom is 0.420 e. The number of aromatic hydroxyl groups is 1. The number of anilines is 1. The summed E-state index contributed by atoms with van der Waals surface area (Å²) in [4.78, 5) is 13.6. The third-order valence-electron chi connectivity index (χ3n) is 3.43. The van der Waals surface area contributed by atoms with Gasteiger partial charge in [0.2, 0.25) is 0 Å². The molecule has 0 aromatic heterocycles. The molecule has 0 unspecified atom stereocenters. The van der Waals surface area contributed by atoms with Crippen molar-refractivity contribution in [3.8, 4) is 5.75 Å². The molecule has 11 heteroatoms. The van der Waals surface area contributed by atoms with Crippen molar-refractivity contribution in [1.82, 2.24) is 4.90 Å². The molecule has 29 heavy (non-hydrogen) atoms. The van der Waals surface area contributed by atoms with Crippen molar-refractivity contribution < 1.29 is 41.0 Å². The van der Waals surface area contributed by atoms with E-state index in [0.29, 0.717) is 11.0 Å². The predicted molar refractivity (Wildman–Crippen MR) is 97.0 cm³/mol. The number of rotatable bonds is 1. The number of phenols is 1. The van der Waals surface area contributed by atoms with Crippen molar-refractivity contribution in [2.24, 2.45) is 0 Å². The largest absolute Gasteiger partial charge is 0.505 e. The molecular weight excluding hydrogens is 406 g/mol. The first kappa shape index (κ1) is 26.8. The fourth-order valence-electron chi connectivity index (χ4n) is 2.08. The van der Waals surface area contributed by atoms with E-state index in [2.05, 4.69) is 4.74 Å². The molecule has 3 rings (SSSR count). The summed E-state index contributed by atoms with van der Waals surface area (Å²) in [6.45, 7) is 10.00. The summed E-state index contributed by atoms with van der Waals surface area (Å²) in [6.07, 6.45) is -10.2. The highest BCUT2D eigenvalue weighted by molar-refractivity contribution is 5.95. The van der Waals surface area contributed by atoms with E-state index in [0.717, 1.165) is 18.1 Å². The van der Waals surface area contributed by atoms with Crippen LogP contribution in [-0.2, 0) is 17.1 Å². The van der Waals surface area contributed by atoms with Crippen molar-refractivity contribution in [2.75, 3.05) is 38.3 Å². The van der Waals surface area contributed by atoms with Crippen molar-refractivity contribution >= 4 is 11.7 Å². The topological polar surface area (TPSA) is 56.3 Å². The number of benzene rings is 1. The van der Waals surface area contributed by atoms with Crippen molar-refractivity contribution in [3.05, 3.63) is 23.3 Å². The average Bonchev–Trinajstić information content (AvgIpc) is 3.49. The van der Waals surface area contributed by atoms with Gasteiger partial charge < -0.3 is 14.7 Å². The Hall–Kier alpha value is -2.17. The molecule has 2 saturated heterocycles. The fourth-order valence-corrected chi connectivity index (χ4v) is 2.08. The third kappa shape index (κ3) is 7.64. The van der Waals surface area contributed by atoms with E-state index in [9.17, 15) is 36.2 Å². The van der Waals surface area contributed by atoms with Crippen LogP contribution < -0.4 is 4.90 Å². The van der Waals surface area contributed by atoms with Crippen LogP contribution in [0.25, 0.3) is 0 Å². The van der Waals surface area contributed by atoms with Gasteiger partial charge in [-0.25, -0.2) is 4.79 Å². The van der Waals surface area contributed by atoms with Crippen molar-refractivity contribution in [2.45, 2.75) is 40.0 Å². The van der Waals surface area contributed by atoms with E-state index in [4.69, 9.17) is 0 Å². The number of nitrogens with zero attached hydrogens (tertiary/aromatic N) is 2. The Morgan fingerprint density at radius 1 is 0.931 bits per heavy atom. The second-order valence-corrected chi connectivity index (χ2v) is 5.36. The smallest absolute Gasteiger partial charge is 0.420 e. The lowest BCUT2D eigenvalue weighted by Crippen LogP contribution is -2.30. The molecule has 0 bridgehead atoms. The van der Waals surface area contributed by atoms with Gasteiger partial charge in [0.25, 0.3) is 0 Å². The van der Waals surface area contributed by atoms with E-state index in [1.54, 1.807) is 0 Å². The van der Waals surface area contributed by atoms with Crippen LogP contribution in [0, 0.1) is 0 Å². The van der Waals surface area contributed by atoms with E-state index in [-0.39, 0.29) is 19.2 Å². The molecule has 1 aromatic carbocycles. The Labute approximate surface area is 165 Å². The van der Waals surface area contributed by atoms with Crippen molar-refractivity contribution in [1.29, 1.82) is 0 Å². The van der Waals surface area contributed by atoms with Gasteiger partial charge in [-0.3, -0.25) is 4.90 Å². The van der Waals surface area contributed by atoms with Gasteiger partial charge in [0, 0.05) is 20.1 Å². The molecule has 2 aliphatic heterocycles. The van der Waals surface area contributed by atoms with E-state index < -0.39 is 40.9 Å². The molecule has 0 aliphatic carbocycles. The van der Waals surface area contributed by atoms with Gasteiger partial charge >= 0.3 is 18.4 Å². The summed E-state index contributed by atoms with van der Waals surface area (Å²) in [5.41, 5.74) is -4.23. The standard InChI is InChI=1S/C12H10F6N2O2.C2H4O.2C2H6/c1-19-2-3-20(10(19)22)8-5-6(11(13,14)15)4-7(9(8)21)12(16,17)18;1-2-3-1;2*1-2/h4-5,21H,2-3H2,1H3;1-2H2;2*1-2H3. The number of phenolic OH excluding ortho intramolecular Hbond substituents is 1. The number of likely N-dealkylation sites (N-methyl/N-ethyl adjacent to an activating group) is 1. The minimum atomic E-state index is -5.19. The maximum absolute atomic E-state index is 12.8. The molecule has 2 aliphatic rings. The molecule has 5 nitrogen and oxygen atoms in total. The highest BCUT2D eigenvalue weighted by Crippen LogP contribution is 2.45. The number of hydrogen-bond acceptors (Lipinski definition) is 3. The lowest BCUT2D eigenvalue weighted by molar-refractivity contribution is -0.143. The molecular formula is C18H26F6N2O3. The quantitative estimate of drug-likeness (QED) is 0.480. The Morgan fingerprint density at radius 2 is 1.41 bits per heavy atom. The first-order chi connectivity index (χ1) is 13.4. The van der Waals surface area contributed by atoms with E-state index in [1.807, 2.05) is 27.7 Å². The monoisotopic (exact) mass is 432 g/mol. The van der Waals surface area contributed by atoms with E-state index in [1.165, 1.54) is 7.05 Å². The maximum atomic E-state index is 12.8. The van der Waals surface area contributed by atoms with Gasteiger partial charge in [0.1, 0.15) is 0 Å². The number of ether oxygens (including phenoxy) is 1. The molecule has 2 fully saturated rings. The summed E-state index contributed by atoms with van der Waals surface area (Å²) < 4.78 is 81.2. The summed E-state index contributed by atoms with van der Waals surface area (Å²) in [5, 5.41) is 9.68. The number of carbonyl (C=O) groups is 1. The molecule has 168 valence electrons. The zero-order valence-corrected chi connectivity index (χ0v) is 16.9. The summed E-state index contributed by atoms with van der Waals surface area (Å²) >= 11 is 0. The Balaban J connectivity index is 0.000000973. The number of amides is 2. The van der Waals surface area contributed by atoms with Crippen LogP contribution >= 0.6 is 0 Å². The molecule has 1 N–H and O–H groups in total. The second kappa shape index (κ2) is 11.1. The van der Waals surface area contributed by atoms with Gasteiger partial charge in [-0.05, 0) is 12.1 Å². The normalized spacial score (nSPS) is 15.5. The van der Waals surface area contributed by atoms with Crippen molar-refractivity contribution in [3.63, 3.8) is 0 Å². The zero-order chi connectivity index (χ0) is 23.0. The molecule has 0 saturated carbocycles. The Bertz CT molecular complexity index is 657. The Kier molecular flexibility index (Phi) is 10.3. The van der Waals surface area contributed by atoms with Gasteiger partial charge in [-0.2, -0.15) is 26.3 Å². The minimum Gasteiger partial charge on any atom is -0.505 e. The molecule has 1 aromatic rings. The third-order valence-corrected chi connectivity index (χ3v) is 3.43. The molecule has 0 spiro atoms. The highest BCUT2D eigenvalue weighted by atomic mass is 19.4. The highest BCUT2D eigenvalue weighted by Gasteiger charge is 2.42. The van der Waals surface area contributed by atoms with Crippen LogP contribution in [0.3, 0.4) is 0 Å². The molecule has 0 radical (unpaired) electrons. The summed E-state index contributed by atoms with van der Waals surface area (Å²) in [7, 11) is 1.34. The van der Waals surface area contributed by atoms with Crippen LogP contribution in [-0.4, -0.2) is 49.4 Å². The number of epoxide rings is 1. The van der Waals surface area contributed by atoms with Gasteiger partial charge in [0.15, 0.2) is 5.75 Å². The summed E-state index contributed by atoms with van der Waals surface area (Å²) in [5.74, 6) is -1.40. The van der Waals surface area contributed by atoms with Crippen LogP contribution in [0.4, 0.5) is 36.8 Å². The van der Waals surface area contributed by atoms with Crippen LogP contribution in [0.1, 0.15) is 38.8 Å². The number of halogens is 6. The average molecular weight is 432 g/mol. The first-order valence-corrected chi connectivity index (χ1v) is 9.04. The van der Waals surface area contributed by atoms with Gasteiger partial charge in [-0.15, -0.1) is 0 Å². The lowest BCUT2D eigenvalue weighted by Gasteiger charge is -2.22. The summed E-state index contributed by atoms with van der Waals surface area (Å²) in [6, 6.07) is -0.632. The Morgan fingerprint density at radius 3 is 1.72 bits per heavy atom. The molecule has 2 amide bonds.